The Balaban J connectivity index is 1.80. The summed E-state index contributed by atoms with van der Waals surface area (Å²) in [7, 11) is 2.23. The van der Waals surface area contributed by atoms with Gasteiger partial charge in [0.2, 0.25) is 0 Å². The highest BCUT2D eigenvalue weighted by Crippen LogP contribution is 2.26. The van der Waals surface area contributed by atoms with E-state index in [4.69, 9.17) is 0 Å². The van der Waals surface area contributed by atoms with Crippen molar-refractivity contribution in [2.45, 2.75) is 51.1 Å². The number of hydrogen-bond donors (Lipinski definition) is 2. The van der Waals surface area contributed by atoms with Crippen molar-refractivity contribution in [3.05, 3.63) is 29.8 Å². The Kier molecular flexibility index (Phi) is 5.86. The number of hydrogen-bond acceptors (Lipinski definition) is 3. The second-order valence-electron chi connectivity index (χ2n) is 5.89. The third-order valence-electron chi connectivity index (χ3n) is 4.52. The van der Waals surface area contributed by atoms with Crippen LogP contribution in [0.4, 0.5) is 0 Å². The quantitative estimate of drug-likeness (QED) is 0.802. The Morgan fingerprint density at radius 3 is 2.65 bits per heavy atom. The normalized spacial score (nSPS) is 17.8. The van der Waals surface area contributed by atoms with E-state index in [9.17, 15) is 5.11 Å². The van der Waals surface area contributed by atoms with Gasteiger partial charge >= 0.3 is 0 Å². The second-order valence-corrected chi connectivity index (χ2v) is 5.89. The molecule has 1 fully saturated rings. The van der Waals surface area contributed by atoms with E-state index in [2.05, 4.69) is 24.2 Å². The lowest BCUT2D eigenvalue weighted by atomic mass is 10.0. The van der Waals surface area contributed by atoms with Crippen LogP contribution in [0, 0.1) is 0 Å². The number of nitrogens with one attached hydrogen (secondary N) is 1. The smallest absolute Gasteiger partial charge is 0.120 e. The maximum absolute atomic E-state index is 9.94. The third kappa shape index (κ3) is 3.97. The molecule has 1 aliphatic carbocycles. The summed E-state index contributed by atoms with van der Waals surface area (Å²) in [4.78, 5) is 2.48. The van der Waals surface area contributed by atoms with Crippen LogP contribution in [0.5, 0.6) is 5.75 Å². The largest absolute Gasteiger partial charge is 0.508 e. The van der Waals surface area contributed by atoms with Crippen molar-refractivity contribution in [1.82, 2.24) is 10.2 Å². The molecule has 0 radical (unpaired) electrons. The molecule has 0 heterocycles. The summed E-state index contributed by atoms with van der Waals surface area (Å²) < 4.78 is 0. The first-order chi connectivity index (χ1) is 9.72. The summed E-state index contributed by atoms with van der Waals surface area (Å²) >= 11 is 0. The average molecular weight is 276 g/mol. The molecule has 1 aliphatic rings. The Bertz CT molecular complexity index is 402. The van der Waals surface area contributed by atoms with E-state index in [1.165, 1.54) is 25.7 Å². The first-order valence-corrected chi connectivity index (χ1v) is 7.94. The maximum atomic E-state index is 9.94. The molecular weight excluding hydrogens is 248 g/mol. The lowest BCUT2D eigenvalue weighted by molar-refractivity contribution is 0.241. The van der Waals surface area contributed by atoms with Crippen molar-refractivity contribution < 1.29 is 5.11 Å². The SMILES string of the molecule is CCC(NCCN(C)C1CCCC1)c1ccccc1O. The summed E-state index contributed by atoms with van der Waals surface area (Å²) in [5.74, 6) is 0.399. The number of phenols is 1. The van der Waals surface area contributed by atoms with Crippen molar-refractivity contribution >= 4 is 0 Å². The third-order valence-corrected chi connectivity index (χ3v) is 4.52. The summed E-state index contributed by atoms with van der Waals surface area (Å²) in [6, 6.07) is 8.67. The van der Waals surface area contributed by atoms with Crippen molar-refractivity contribution in [2.75, 3.05) is 20.1 Å². The van der Waals surface area contributed by atoms with Gasteiger partial charge in [-0.1, -0.05) is 38.0 Å². The minimum Gasteiger partial charge on any atom is -0.508 e. The zero-order valence-corrected chi connectivity index (χ0v) is 12.8. The van der Waals surface area contributed by atoms with Crippen LogP contribution in [0.25, 0.3) is 0 Å². The minimum atomic E-state index is 0.244. The maximum Gasteiger partial charge on any atom is 0.120 e. The molecule has 1 unspecified atom stereocenters. The molecule has 3 heteroatoms. The van der Waals surface area contributed by atoms with Gasteiger partial charge in [0.15, 0.2) is 0 Å². The molecule has 0 aliphatic heterocycles. The topological polar surface area (TPSA) is 35.5 Å². The zero-order chi connectivity index (χ0) is 14.4. The van der Waals surface area contributed by atoms with Crippen molar-refractivity contribution in [2.24, 2.45) is 0 Å². The van der Waals surface area contributed by atoms with Crippen LogP contribution in [0.1, 0.15) is 50.6 Å². The molecule has 0 bridgehead atoms. The highest BCUT2D eigenvalue weighted by molar-refractivity contribution is 5.34. The van der Waals surface area contributed by atoms with Gasteiger partial charge in [0, 0.05) is 30.7 Å². The molecule has 2 rings (SSSR count). The van der Waals surface area contributed by atoms with Crippen LogP contribution in [0.2, 0.25) is 0 Å². The van der Waals surface area contributed by atoms with Crippen LogP contribution in [-0.2, 0) is 0 Å². The molecule has 1 saturated carbocycles. The number of likely N-dealkylation sites (N-methyl/N-ethyl adjacent to an activating group) is 1. The van der Waals surface area contributed by atoms with E-state index >= 15 is 0 Å². The number of aromatic hydroxyl groups is 1. The summed E-state index contributed by atoms with van der Waals surface area (Å²) in [5, 5.41) is 13.5. The Morgan fingerprint density at radius 1 is 1.30 bits per heavy atom. The van der Waals surface area contributed by atoms with Gasteiger partial charge in [-0.25, -0.2) is 0 Å². The van der Waals surface area contributed by atoms with Gasteiger partial charge in [0.05, 0.1) is 0 Å². The molecule has 0 aromatic heterocycles. The fraction of sp³-hybridized carbons (Fsp3) is 0.647. The standard InChI is InChI=1S/C17H28N2O/c1-3-16(15-10-6-7-11-17(15)20)18-12-13-19(2)14-8-4-5-9-14/h6-7,10-11,14,16,18,20H,3-5,8-9,12-13H2,1-2H3. The van der Waals surface area contributed by atoms with Crippen LogP contribution >= 0.6 is 0 Å². The molecule has 0 spiro atoms. The van der Waals surface area contributed by atoms with E-state index in [1.807, 2.05) is 18.2 Å². The first-order valence-electron chi connectivity index (χ1n) is 7.94. The van der Waals surface area contributed by atoms with E-state index in [-0.39, 0.29) is 6.04 Å². The number of nitrogens with zero attached hydrogens (tertiary/aromatic N) is 1. The van der Waals surface area contributed by atoms with Gasteiger partial charge in [-0.15, -0.1) is 0 Å². The van der Waals surface area contributed by atoms with Gasteiger partial charge in [-0.3, -0.25) is 0 Å². The Hall–Kier alpha value is -1.06. The van der Waals surface area contributed by atoms with E-state index in [0.29, 0.717) is 5.75 Å². The molecular formula is C17H28N2O. The monoisotopic (exact) mass is 276 g/mol. The number of benzene rings is 1. The number of rotatable bonds is 7. The van der Waals surface area contributed by atoms with Gasteiger partial charge in [0.1, 0.15) is 5.75 Å². The highest BCUT2D eigenvalue weighted by atomic mass is 16.3. The van der Waals surface area contributed by atoms with Gasteiger partial charge in [-0.05, 0) is 32.4 Å². The predicted molar refractivity (Wildman–Crippen MR) is 84.0 cm³/mol. The summed E-state index contributed by atoms with van der Waals surface area (Å²) in [6.07, 6.45) is 6.47. The molecule has 20 heavy (non-hydrogen) atoms. The molecule has 1 aromatic rings. The van der Waals surface area contributed by atoms with Crippen LogP contribution < -0.4 is 5.32 Å². The Morgan fingerprint density at radius 2 is 2.00 bits per heavy atom. The highest BCUT2D eigenvalue weighted by Gasteiger charge is 2.19. The molecule has 0 amide bonds. The second kappa shape index (κ2) is 7.65. The molecule has 1 atom stereocenters. The predicted octanol–water partition coefficient (Wildman–Crippen LogP) is 3.31. The van der Waals surface area contributed by atoms with Crippen LogP contribution in [-0.4, -0.2) is 36.2 Å². The van der Waals surface area contributed by atoms with Crippen molar-refractivity contribution in [3.8, 4) is 5.75 Å². The van der Waals surface area contributed by atoms with E-state index < -0.39 is 0 Å². The van der Waals surface area contributed by atoms with Gasteiger partial charge in [0.25, 0.3) is 0 Å². The summed E-state index contributed by atoms with van der Waals surface area (Å²) in [6.45, 7) is 4.21. The zero-order valence-electron chi connectivity index (χ0n) is 12.8. The fourth-order valence-corrected chi connectivity index (χ4v) is 3.20. The molecule has 112 valence electrons. The Labute approximate surface area is 123 Å². The van der Waals surface area contributed by atoms with Crippen LogP contribution in [0.3, 0.4) is 0 Å². The number of phenolic OH excluding ortho intramolecular Hbond substituents is 1. The van der Waals surface area contributed by atoms with E-state index in [0.717, 1.165) is 31.1 Å². The minimum absolute atomic E-state index is 0.244. The van der Waals surface area contributed by atoms with E-state index in [1.54, 1.807) is 6.07 Å². The molecule has 3 nitrogen and oxygen atoms in total. The first kappa shape index (κ1) is 15.3. The number of para-hydroxylation sites is 1. The molecule has 0 saturated heterocycles. The van der Waals surface area contributed by atoms with Crippen LogP contribution in [0.15, 0.2) is 24.3 Å². The van der Waals surface area contributed by atoms with Gasteiger partial charge in [-0.2, -0.15) is 0 Å². The summed E-state index contributed by atoms with van der Waals surface area (Å²) in [5.41, 5.74) is 1.01. The lowest BCUT2D eigenvalue weighted by Crippen LogP contribution is -2.36. The lowest BCUT2D eigenvalue weighted by Gasteiger charge is -2.26. The molecule has 1 aromatic carbocycles. The fourth-order valence-electron chi connectivity index (χ4n) is 3.20. The molecule has 2 N–H and O–H groups in total. The van der Waals surface area contributed by atoms with Crippen molar-refractivity contribution in [1.29, 1.82) is 0 Å². The average Bonchev–Trinajstić information content (AvgIpc) is 2.99. The van der Waals surface area contributed by atoms with Crippen molar-refractivity contribution in [3.63, 3.8) is 0 Å². The van der Waals surface area contributed by atoms with Gasteiger partial charge < -0.3 is 15.3 Å².